The fourth-order valence-electron chi connectivity index (χ4n) is 6.65. The molecular formula is C38H44S2. The molecule has 6 rings (SSSR count). The van der Waals surface area contributed by atoms with Gasteiger partial charge in [0.2, 0.25) is 0 Å². The van der Waals surface area contributed by atoms with Crippen LogP contribution >= 0.6 is 22.7 Å². The van der Waals surface area contributed by atoms with Gasteiger partial charge in [0.25, 0.3) is 0 Å². The number of rotatable bonds is 12. The first-order valence-electron chi connectivity index (χ1n) is 15.8. The molecule has 0 aliphatic rings. The maximum atomic E-state index is 2.48. The molecule has 2 unspecified atom stereocenters. The van der Waals surface area contributed by atoms with Gasteiger partial charge in [0.1, 0.15) is 0 Å². The minimum absolute atomic E-state index is 0.801. The number of fused-ring (bicyclic) bond motifs is 7. The van der Waals surface area contributed by atoms with Crippen molar-refractivity contribution in [3.8, 4) is 0 Å². The molecular weight excluding hydrogens is 521 g/mol. The molecule has 2 heteroatoms. The van der Waals surface area contributed by atoms with Crippen LogP contribution in [0.2, 0.25) is 0 Å². The van der Waals surface area contributed by atoms with Gasteiger partial charge in [0, 0.05) is 20.2 Å². The summed E-state index contributed by atoms with van der Waals surface area (Å²) in [5.41, 5.74) is 3.00. The van der Waals surface area contributed by atoms with E-state index in [0.717, 1.165) is 11.8 Å². The molecule has 2 aromatic heterocycles. The molecule has 0 spiro atoms. The van der Waals surface area contributed by atoms with Gasteiger partial charge in [0.15, 0.2) is 0 Å². The van der Waals surface area contributed by atoms with Crippen LogP contribution in [0.1, 0.15) is 90.2 Å². The molecule has 2 heterocycles. The van der Waals surface area contributed by atoms with Crippen LogP contribution in [0, 0.1) is 11.8 Å². The van der Waals surface area contributed by atoms with Crippen molar-refractivity contribution in [2.45, 2.75) is 91.9 Å². The predicted molar refractivity (Wildman–Crippen MR) is 184 cm³/mol. The molecule has 0 saturated carbocycles. The summed E-state index contributed by atoms with van der Waals surface area (Å²) in [6.07, 6.45) is 13.0. The lowest BCUT2D eigenvalue weighted by Gasteiger charge is -2.15. The highest BCUT2D eigenvalue weighted by atomic mass is 32.1. The lowest BCUT2D eigenvalue weighted by atomic mass is 9.91. The van der Waals surface area contributed by atoms with Crippen molar-refractivity contribution in [3.63, 3.8) is 0 Å². The van der Waals surface area contributed by atoms with Crippen molar-refractivity contribution in [3.05, 3.63) is 71.8 Å². The largest absolute Gasteiger partial charge is 0.134 e. The van der Waals surface area contributed by atoms with Crippen LogP contribution < -0.4 is 0 Å². The van der Waals surface area contributed by atoms with E-state index in [2.05, 4.69) is 88.4 Å². The first-order chi connectivity index (χ1) is 19.6. The minimum atomic E-state index is 0.801. The molecule has 0 nitrogen and oxygen atoms in total. The number of hydrogen-bond acceptors (Lipinski definition) is 2. The quantitative estimate of drug-likeness (QED) is 0.139. The summed E-state index contributed by atoms with van der Waals surface area (Å²) >= 11 is 3.98. The summed E-state index contributed by atoms with van der Waals surface area (Å²) < 4.78 is 5.79. The lowest BCUT2D eigenvalue weighted by Crippen LogP contribution is -2.03. The molecule has 0 amide bonds. The van der Waals surface area contributed by atoms with Gasteiger partial charge >= 0.3 is 0 Å². The molecule has 4 aromatic carbocycles. The van der Waals surface area contributed by atoms with E-state index < -0.39 is 0 Å². The van der Waals surface area contributed by atoms with Gasteiger partial charge in [-0.1, -0.05) is 115 Å². The zero-order valence-electron chi connectivity index (χ0n) is 24.8. The molecule has 0 saturated heterocycles. The van der Waals surface area contributed by atoms with Crippen molar-refractivity contribution in [2.24, 2.45) is 11.8 Å². The van der Waals surface area contributed by atoms with Crippen LogP contribution in [-0.4, -0.2) is 0 Å². The standard InChI is InChI=1S/C38H44S2/c1-5-9-11-25(7-3)17-27-14-16-30-23-35-34(22-31(30)19-27)38-37(39-35)33-21-29-15-13-28(18-26(8-4)12-10-6-2)20-32(29)24-36(33)40-38/h13-16,19-26H,5-12,17-18H2,1-4H3. The zero-order valence-corrected chi connectivity index (χ0v) is 26.4. The second-order valence-corrected chi connectivity index (χ2v) is 14.3. The Labute approximate surface area is 248 Å². The molecule has 0 N–H and O–H groups in total. The van der Waals surface area contributed by atoms with E-state index >= 15 is 0 Å². The average Bonchev–Trinajstić information content (AvgIpc) is 3.50. The Morgan fingerprint density at radius 3 is 1.48 bits per heavy atom. The van der Waals surface area contributed by atoms with Gasteiger partial charge in [-0.15, -0.1) is 22.7 Å². The van der Waals surface area contributed by atoms with Crippen LogP contribution in [-0.2, 0) is 12.8 Å². The number of hydrogen-bond donors (Lipinski definition) is 0. The van der Waals surface area contributed by atoms with Crippen LogP contribution in [0.15, 0.2) is 60.7 Å². The number of benzene rings is 4. The Kier molecular flexibility index (Phi) is 8.47. The topological polar surface area (TPSA) is 0 Å². The van der Waals surface area contributed by atoms with E-state index in [4.69, 9.17) is 0 Å². The molecule has 6 aromatic rings. The lowest BCUT2D eigenvalue weighted by molar-refractivity contribution is 0.449. The third-order valence-corrected chi connectivity index (χ3v) is 11.8. The first kappa shape index (κ1) is 27.7. The van der Waals surface area contributed by atoms with Gasteiger partial charge in [-0.3, -0.25) is 0 Å². The molecule has 208 valence electrons. The zero-order chi connectivity index (χ0) is 27.6. The Morgan fingerprint density at radius 2 is 0.975 bits per heavy atom. The van der Waals surface area contributed by atoms with Crippen LogP contribution in [0.4, 0.5) is 0 Å². The molecule has 0 aliphatic heterocycles. The highest BCUT2D eigenvalue weighted by Crippen LogP contribution is 2.46. The van der Waals surface area contributed by atoms with E-state index in [-0.39, 0.29) is 0 Å². The number of unbranched alkanes of at least 4 members (excludes halogenated alkanes) is 2. The first-order valence-corrected chi connectivity index (χ1v) is 17.5. The molecule has 0 fully saturated rings. The Hall–Kier alpha value is -2.42. The van der Waals surface area contributed by atoms with E-state index in [1.807, 2.05) is 22.7 Å². The summed E-state index contributed by atoms with van der Waals surface area (Å²) in [5, 5.41) is 8.42. The number of thiophene rings is 2. The van der Waals surface area contributed by atoms with E-state index in [0.29, 0.717) is 0 Å². The summed E-state index contributed by atoms with van der Waals surface area (Å²) in [4.78, 5) is 0. The smallest absolute Gasteiger partial charge is 0.0542 e. The summed E-state index contributed by atoms with van der Waals surface area (Å²) in [7, 11) is 0. The Balaban J connectivity index is 1.36. The van der Waals surface area contributed by atoms with Gasteiger partial charge in [0.05, 0.1) is 9.40 Å². The summed E-state index contributed by atoms with van der Waals surface area (Å²) in [6.45, 7) is 9.32. The minimum Gasteiger partial charge on any atom is -0.134 e. The van der Waals surface area contributed by atoms with Crippen molar-refractivity contribution in [1.29, 1.82) is 0 Å². The Bertz CT molecular complexity index is 1770. The monoisotopic (exact) mass is 564 g/mol. The van der Waals surface area contributed by atoms with Gasteiger partial charge in [-0.2, -0.15) is 0 Å². The fourth-order valence-corrected chi connectivity index (χ4v) is 9.35. The van der Waals surface area contributed by atoms with Crippen molar-refractivity contribution in [1.82, 2.24) is 0 Å². The molecule has 0 bridgehead atoms. The third kappa shape index (κ3) is 5.55. The van der Waals surface area contributed by atoms with Crippen molar-refractivity contribution in [2.75, 3.05) is 0 Å². The SMILES string of the molecule is CCCCC(CC)Cc1ccc2cc3c(cc2c1)sc1c2cc4cc(CC(CC)CCCC)ccc4cc2sc31. The van der Waals surface area contributed by atoms with E-state index in [1.165, 1.54) is 126 Å². The van der Waals surface area contributed by atoms with Gasteiger partial charge < -0.3 is 0 Å². The molecule has 2 atom stereocenters. The predicted octanol–water partition coefficient (Wildman–Crippen LogP) is 13.1. The van der Waals surface area contributed by atoms with E-state index in [1.54, 1.807) is 0 Å². The van der Waals surface area contributed by atoms with Crippen molar-refractivity contribution >= 4 is 73.8 Å². The molecule has 0 radical (unpaired) electrons. The molecule has 0 aliphatic carbocycles. The normalized spacial score (nSPS) is 13.8. The summed E-state index contributed by atoms with van der Waals surface area (Å²) in [5.74, 6) is 1.61. The fraction of sp³-hybridized carbons (Fsp3) is 0.421. The van der Waals surface area contributed by atoms with Gasteiger partial charge in [-0.05, 0) is 81.6 Å². The van der Waals surface area contributed by atoms with Crippen LogP contribution in [0.5, 0.6) is 0 Å². The molecule has 40 heavy (non-hydrogen) atoms. The second-order valence-electron chi connectivity index (χ2n) is 12.2. The highest BCUT2D eigenvalue weighted by molar-refractivity contribution is 7.36. The van der Waals surface area contributed by atoms with Crippen LogP contribution in [0.25, 0.3) is 51.1 Å². The highest BCUT2D eigenvalue weighted by Gasteiger charge is 2.15. The average molecular weight is 565 g/mol. The van der Waals surface area contributed by atoms with Crippen molar-refractivity contribution < 1.29 is 0 Å². The second kappa shape index (κ2) is 12.2. The third-order valence-electron chi connectivity index (χ3n) is 9.26. The summed E-state index contributed by atoms with van der Waals surface area (Å²) in [6, 6.07) is 24.3. The van der Waals surface area contributed by atoms with Crippen LogP contribution in [0.3, 0.4) is 0 Å². The van der Waals surface area contributed by atoms with E-state index in [9.17, 15) is 0 Å². The Morgan fingerprint density at radius 1 is 0.525 bits per heavy atom. The maximum absolute atomic E-state index is 2.48. The van der Waals surface area contributed by atoms with Gasteiger partial charge in [-0.25, -0.2) is 0 Å². The maximum Gasteiger partial charge on any atom is 0.0542 e.